The van der Waals surface area contributed by atoms with Crippen LogP contribution in [0.3, 0.4) is 0 Å². The standard InChI is InChI=1S/C38H44N6O7/c1-6-26-21-38(26,35(47)48)40-33(45)29-20-27-22-43(29)34(46)32(37(2,3)4)39-36(49)51-18-9-7-8-11-23-12-10-13-25(19-23)31-30(41-44(27)42-31)24-14-16-28(50-5)17-15-24/h6,8,10-17,19,26-27,29,32H,1,7,9,18,20-22H2,2-5H3,(H,39,49)(H,40,45)(H,47,48)/b11-8+/t26-,27-,29+,32-,38-/m1/s1. The molecule has 2 aromatic carbocycles. The zero-order valence-electron chi connectivity index (χ0n) is 29.3. The molecule has 3 N–H and O–H groups in total. The van der Waals surface area contributed by atoms with Gasteiger partial charge in [0.15, 0.2) is 0 Å². The quantitative estimate of drug-likeness (QED) is 0.306. The van der Waals surface area contributed by atoms with Crippen molar-refractivity contribution in [2.45, 2.75) is 70.1 Å². The molecule has 2 fully saturated rings. The number of carbonyl (C=O) groups is 4. The summed E-state index contributed by atoms with van der Waals surface area (Å²) in [4.78, 5) is 56.8. The maximum Gasteiger partial charge on any atom is 0.407 e. The largest absolute Gasteiger partial charge is 0.497 e. The lowest BCUT2D eigenvalue weighted by Gasteiger charge is -2.35. The van der Waals surface area contributed by atoms with Crippen molar-refractivity contribution in [3.05, 3.63) is 72.8 Å². The van der Waals surface area contributed by atoms with Crippen molar-refractivity contribution in [1.82, 2.24) is 30.5 Å². The lowest BCUT2D eigenvalue weighted by molar-refractivity contribution is -0.146. The fraction of sp³-hybridized carbons (Fsp3) is 0.421. The Morgan fingerprint density at radius 1 is 1.12 bits per heavy atom. The molecule has 0 spiro atoms. The molecule has 3 amide bonds. The molecule has 1 aromatic heterocycles. The number of fused-ring (bicyclic) bond motifs is 8. The zero-order valence-corrected chi connectivity index (χ0v) is 29.3. The molecule has 13 nitrogen and oxygen atoms in total. The number of aliphatic carboxylic acids is 1. The SMILES string of the molecule is C=C[C@@H]1C[C@]1(NC(=O)[C@@H]1C[C@@H]2CN1C(=O)[C@H](C(C)(C)C)NC(=O)OCCC/C=C/c1cccc(c1)-c1nn2nc1-c1ccc(OC)cc1)C(=O)O. The van der Waals surface area contributed by atoms with Gasteiger partial charge in [-0.25, -0.2) is 9.59 Å². The molecule has 6 bridgehead atoms. The number of amides is 3. The van der Waals surface area contributed by atoms with Gasteiger partial charge in [-0.1, -0.05) is 57.2 Å². The Labute approximate surface area is 296 Å². The monoisotopic (exact) mass is 696 g/mol. The highest BCUT2D eigenvalue weighted by Crippen LogP contribution is 2.45. The van der Waals surface area contributed by atoms with Gasteiger partial charge < -0.3 is 30.1 Å². The molecular weight excluding hydrogens is 652 g/mol. The lowest BCUT2D eigenvalue weighted by Crippen LogP contribution is -2.59. The molecule has 13 heteroatoms. The first kappa shape index (κ1) is 35.4. The Bertz CT molecular complexity index is 1860. The number of nitrogens with zero attached hydrogens (tertiary/aromatic N) is 4. The Kier molecular flexibility index (Phi) is 9.74. The number of aromatic nitrogens is 3. The van der Waals surface area contributed by atoms with Crippen LogP contribution >= 0.6 is 0 Å². The molecule has 6 rings (SSSR count). The number of cyclic esters (lactones) is 1. The van der Waals surface area contributed by atoms with E-state index in [1.807, 2.05) is 81.5 Å². The number of carboxylic acids is 1. The molecule has 1 saturated heterocycles. The van der Waals surface area contributed by atoms with E-state index in [1.54, 1.807) is 11.9 Å². The highest BCUT2D eigenvalue weighted by atomic mass is 16.5. The number of rotatable bonds is 6. The maximum absolute atomic E-state index is 14.5. The van der Waals surface area contributed by atoms with E-state index in [1.165, 1.54) is 11.0 Å². The third-order valence-electron chi connectivity index (χ3n) is 9.80. The molecule has 268 valence electrons. The second kappa shape index (κ2) is 14.0. The van der Waals surface area contributed by atoms with E-state index < -0.39 is 58.9 Å². The van der Waals surface area contributed by atoms with E-state index in [4.69, 9.17) is 19.7 Å². The highest BCUT2D eigenvalue weighted by molar-refractivity contribution is 5.96. The van der Waals surface area contributed by atoms with Gasteiger partial charge in [0.2, 0.25) is 11.8 Å². The first-order valence-corrected chi connectivity index (χ1v) is 17.1. The predicted molar refractivity (Wildman–Crippen MR) is 189 cm³/mol. The normalized spacial score (nSPS) is 25.7. The number of carbonyl (C=O) groups excluding carboxylic acids is 3. The summed E-state index contributed by atoms with van der Waals surface area (Å²) in [6.45, 7) is 9.34. The van der Waals surface area contributed by atoms with Gasteiger partial charge in [0.05, 0.1) is 19.8 Å². The van der Waals surface area contributed by atoms with Gasteiger partial charge >= 0.3 is 12.1 Å². The van der Waals surface area contributed by atoms with Crippen molar-refractivity contribution in [1.29, 1.82) is 0 Å². The smallest absolute Gasteiger partial charge is 0.407 e. The van der Waals surface area contributed by atoms with Crippen LogP contribution in [-0.4, -0.2) is 86.8 Å². The maximum atomic E-state index is 14.5. The van der Waals surface area contributed by atoms with Gasteiger partial charge in [-0.15, -0.1) is 6.58 Å². The fourth-order valence-electron chi connectivity index (χ4n) is 6.76. The van der Waals surface area contributed by atoms with E-state index >= 15 is 0 Å². The summed E-state index contributed by atoms with van der Waals surface area (Å²) in [6, 6.07) is 12.7. The molecule has 51 heavy (non-hydrogen) atoms. The van der Waals surface area contributed by atoms with Gasteiger partial charge in [-0.3, -0.25) is 9.59 Å². The molecule has 0 unspecified atom stereocenters. The third kappa shape index (κ3) is 7.24. The van der Waals surface area contributed by atoms with Crippen LogP contribution in [0.4, 0.5) is 4.79 Å². The number of alkyl carbamates (subject to hydrolysis) is 1. The first-order valence-electron chi connectivity index (χ1n) is 17.1. The Hall–Kier alpha value is -5.46. The van der Waals surface area contributed by atoms with Crippen LogP contribution in [0.15, 0.2) is 67.3 Å². The van der Waals surface area contributed by atoms with Gasteiger partial charge in [0, 0.05) is 30.0 Å². The molecule has 3 heterocycles. The fourth-order valence-corrected chi connectivity index (χ4v) is 6.76. The average molecular weight is 697 g/mol. The Balaban J connectivity index is 1.45. The van der Waals surface area contributed by atoms with Crippen molar-refractivity contribution in [2.24, 2.45) is 11.3 Å². The molecule has 3 aliphatic rings. The van der Waals surface area contributed by atoms with E-state index in [-0.39, 0.29) is 26.0 Å². The van der Waals surface area contributed by atoms with Crippen LogP contribution in [0.5, 0.6) is 5.75 Å². The highest BCUT2D eigenvalue weighted by Gasteiger charge is 2.61. The number of carboxylic acid groups (broad SMARTS) is 1. The Morgan fingerprint density at radius 2 is 1.84 bits per heavy atom. The number of methoxy groups -OCH3 is 1. The number of nitrogens with one attached hydrogen (secondary N) is 2. The van der Waals surface area contributed by atoms with E-state index in [2.05, 4.69) is 17.2 Å². The lowest BCUT2D eigenvalue weighted by atomic mass is 9.85. The summed E-state index contributed by atoms with van der Waals surface area (Å²) in [5.41, 5.74) is 1.52. The van der Waals surface area contributed by atoms with Crippen LogP contribution in [-0.2, 0) is 19.1 Å². The molecule has 1 aliphatic carbocycles. The molecule has 5 atom stereocenters. The Morgan fingerprint density at radius 3 is 2.49 bits per heavy atom. The van der Waals surface area contributed by atoms with Crippen molar-refractivity contribution >= 4 is 30.0 Å². The number of benzene rings is 2. The van der Waals surface area contributed by atoms with E-state index in [0.29, 0.717) is 30.0 Å². The molecule has 3 aromatic rings. The van der Waals surface area contributed by atoms with Crippen molar-refractivity contribution in [3.63, 3.8) is 0 Å². The van der Waals surface area contributed by atoms with Crippen molar-refractivity contribution in [3.8, 4) is 28.3 Å². The van der Waals surface area contributed by atoms with Crippen LogP contribution in [0, 0.1) is 11.3 Å². The zero-order chi connectivity index (χ0) is 36.5. The van der Waals surface area contributed by atoms with Crippen LogP contribution in [0.25, 0.3) is 28.6 Å². The van der Waals surface area contributed by atoms with Crippen LogP contribution < -0.4 is 15.4 Å². The van der Waals surface area contributed by atoms with Crippen molar-refractivity contribution < 1.29 is 33.8 Å². The number of ether oxygens (including phenoxy) is 2. The molecule has 0 radical (unpaired) electrons. The second-order valence-corrected chi connectivity index (χ2v) is 14.4. The molecule has 1 saturated carbocycles. The molecule has 2 aliphatic heterocycles. The predicted octanol–water partition coefficient (Wildman–Crippen LogP) is 4.86. The minimum atomic E-state index is -1.50. The summed E-state index contributed by atoms with van der Waals surface area (Å²) in [7, 11) is 1.60. The summed E-state index contributed by atoms with van der Waals surface area (Å²) in [5, 5.41) is 25.5. The topological polar surface area (TPSA) is 165 Å². The van der Waals surface area contributed by atoms with Gasteiger partial charge in [0.1, 0.15) is 34.8 Å². The van der Waals surface area contributed by atoms with Crippen LogP contribution in [0.2, 0.25) is 0 Å². The number of hydrogen-bond donors (Lipinski definition) is 3. The molecular formula is C38H44N6O7. The second-order valence-electron chi connectivity index (χ2n) is 14.4. The summed E-state index contributed by atoms with van der Waals surface area (Å²) < 4.78 is 10.8. The van der Waals surface area contributed by atoms with Gasteiger partial charge in [-0.05, 0) is 60.6 Å². The first-order chi connectivity index (χ1) is 24.3. The van der Waals surface area contributed by atoms with Crippen molar-refractivity contribution in [2.75, 3.05) is 20.3 Å². The average Bonchev–Trinajstić information content (AvgIpc) is 3.41. The van der Waals surface area contributed by atoms with E-state index in [9.17, 15) is 24.3 Å². The van der Waals surface area contributed by atoms with Gasteiger partial charge in [0.25, 0.3) is 0 Å². The minimum absolute atomic E-state index is 0.0319. The summed E-state index contributed by atoms with van der Waals surface area (Å²) in [5.74, 6) is -2.04. The summed E-state index contributed by atoms with van der Waals surface area (Å²) >= 11 is 0. The number of hydrogen-bond acceptors (Lipinski definition) is 8. The minimum Gasteiger partial charge on any atom is -0.497 e. The summed E-state index contributed by atoms with van der Waals surface area (Å²) in [6.07, 6.45) is 6.32. The van der Waals surface area contributed by atoms with Gasteiger partial charge in [-0.2, -0.15) is 15.0 Å². The van der Waals surface area contributed by atoms with E-state index in [0.717, 1.165) is 16.7 Å². The number of allylic oxidation sites excluding steroid dienone is 1. The van der Waals surface area contributed by atoms with Crippen LogP contribution in [0.1, 0.15) is 58.1 Å². The third-order valence-corrected chi connectivity index (χ3v) is 9.80.